The number of hydrogen-bond acceptors (Lipinski definition) is 8. The summed E-state index contributed by atoms with van der Waals surface area (Å²) in [5, 5.41) is 26.2. The Hall–Kier alpha value is -3.32. The number of aromatic hydroxyl groups is 1. The zero-order valence-corrected chi connectivity index (χ0v) is 20.5. The van der Waals surface area contributed by atoms with Gasteiger partial charge < -0.3 is 37.6 Å². The number of amides is 4. The molecule has 9 N–H and O–H groups in total. The number of nitrogens with one attached hydrogen (secondary N) is 3. The molecular weight excluding hydrogens is 478 g/mol. The molecule has 0 saturated heterocycles. The van der Waals surface area contributed by atoms with Crippen LogP contribution in [0.15, 0.2) is 24.3 Å². The van der Waals surface area contributed by atoms with E-state index in [4.69, 9.17) is 11.5 Å². The molecule has 13 heteroatoms. The Morgan fingerprint density at radius 1 is 0.914 bits per heavy atom. The Bertz CT molecular complexity index is 910. The largest absolute Gasteiger partial charge is 0.508 e. The maximum Gasteiger partial charge on any atom is 0.326 e. The number of carboxylic acid groups (broad SMARTS) is 1. The SMILES string of the molecule is CC(C)C(N)C(=O)NC(CS)C(=O)NC(CCC(N)=O)C(=O)NC(Cc1ccc(O)cc1)C(=O)O. The van der Waals surface area contributed by atoms with E-state index in [-0.39, 0.29) is 36.7 Å². The second-order valence-electron chi connectivity index (χ2n) is 8.35. The Kier molecular flexibility index (Phi) is 12.0. The standard InChI is InChI=1S/C22H33N5O7S/c1-11(2)18(24)21(32)27-16(10-35)20(31)25-14(7-8-17(23)29)19(30)26-15(22(33)34)9-12-3-5-13(28)6-4-12/h3-6,11,14-16,18,28,35H,7-10,24H2,1-2H3,(H2,23,29)(H,25,31)(H,26,30)(H,27,32)(H,33,34). The van der Waals surface area contributed by atoms with Gasteiger partial charge in [-0.3, -0.25) is 19.2 Å². The first-order valence-electron chi connectivity index (χ1n) is 10.9. The summed E-state index contributed by atoms with van der Waals surface area (Å²) in [6.45, 7) is 3.47. The molecule has 194 valence electrons. The number of nitrogens with two attached hydrogens (primary N) is 2. The van der Waals surface area contributed by atoms with Crippen LogP contribution in [0, 0.1) is 5.92 Å². The molecule has 1 aromatic carbocycles. The van der Waals surface area contributed by atoms with Gasteiger partial charge in [-0.05, 0) is 30.0 Å². The molecule has 12 nitrogen and oxygen atoms in total. The zero-order valence-electron chi connectivity index (χ0n) is 19.6. The highest BCUT2D eigenvalue weighted by molar-refractivity contribution is 7.80. The van der Waals surface area contributed by atoms with Crippen molar-refractivity contribution in [2.45, 2.75) is 57.3 Å². The number of carbonyl (C=O) groups excluding carboxylic acids is 4. The zero-order chi connectivity index (χ0) is 26.7. The van der Waals surface area contributed by atoms with Gasteiger partial charge in [0.25, 0.3) is 0 Å². The Morgan fingerprint density at radius 2 is 1.43 bits per heavy atom. The first kappa shape index (κ1) is 29.7. The lowest BCUT2D eigenvalue weighted by Crippen LogP contribution is -2.58. The topological polar surface area (TPSA) is 214 Å². The molecule has 35 heavy (non-hydrogen) atoms. The van der Waals surface area contributed by atoms with E-state index in [2.05, 4.69) is 28.6 Å². The second-order valence-corrected chi connectivity index (χ2v) is 8.71. The molecule has 1 aromatic rings. The summed E-state index contributed by atoms with van der Waals surface area (Å²) in [5.41, 5.74) is 11.5. The molecule has 4 unspecified atom stereocenters. The summed E-state index contributed by atoms with van der Waals surface area (Å²) < 4.78 is 0. The average molecular weight is 512 g/mol. The molecule has 0 saturated carbocycles. The number of aliphatic carboxylic acids is 1. The molecule has 0 aliphatic carbocycles. The minimum Gasteiger partial charge on any atom is -0.508 e. The molecule has 0 fully saturated rings. The molecule has 0 radical (unpaired) electrons. The second kappa shape index (κ2) is 14.2. The van der Waals surface area contributed by atoms with Crippen molar-refractivity contribution in [1.29, 1.82) is 0 Å². The van der Waals surface area contributed by atoms with Gasteiger partial charge in [0.05, 0.1) is 6.04 Å². The molecule has 1 rings (SSSR count). The van der Waals surface area contributed by atoms with Crippen molar-refractivity contribution < 1.29 is 34.2 Å². The van der Waals surface area contributed by atoms with E-state index in [0.717, 1.165) is 0 Å². The Labute approximate surface area is 208 Å². The minimum absolute atomic E-state index is 0.000858. The summed E-state index contributed by atoms with van der Waals surface area (Å²) >= 11 is 4.07. The molecule has 0 bridgehead atoms. The first-order chi connectivity index (χ1) is 16.3. The number of carbonyl (C=O) groups is 5. The summed E-state index contributed by atoms with van der Waals surface area (Å²) in [6, 6.07) is 1.10. The summed E-state index contributed by atoms with van der Waals surface area (Å²) in [6.07, 6.45) is -0.554. The van der Waals surface area contributed by atoms with Crippen molar-refractivity contribution in [3.05, 3.63) is 29.8 Å². The monoisotopic (exact) mass is 511 g/mol. The number of phenols is 1. The van der Waals surface area contributed by atoms with Crippen LogP contribution < -0.4 is 27.4 Å². The van der Waals surface area contributed by atoms with Crippen molar-refractivity contribution in [3.63, 3.8) is 0 Å². The molecule has 0 aliphatic rings. The van der Waals surface area contributed by atoms with Crippen LogP contribution in [-0.2, 0) is 30.4 Å². The fourth-order valence-electron chi connectivity index (χ4n) is 2.93. The summed E-state index contributed by atoms with van der Waals surface area (Å²) in [5.74, 6) is -4.54. The highest BCUT2D eigenvalue weighted by Gasteiger charge is 2.30. The van der Waals surface area contributed by atoms with Gasteiger partial charge in [0.2, 0.25) is 23.6 Å². The lowest BCUT2D eigenvalue weighted by Gasteiger charge is -2.25. The predicted octanol–water partition coefficient (Wildman–Crippen LogP) is -1.35. The molecule has 0 aromatic heterocycles. The minimum atomic E-state index is -1.36. The predicted molar refractivity (Wildman–Crippen MR) is 130 cm³/mol. The maximum atomic E-state index is 12.9. The van der Waals surface area contributed by atoms with Crippen LogP contribution >= 0.6 is 12.6 Å². The normalized spacial score (nSPS) is 14.3. The molecule has 0 heterocycles. The van der Waals surface area contributed by atoms with E-state index in [0.29, 0.717) is 5.56 Å². The van der Waals surface area contributed by atoms with Gasteiger partial charge in [0, 0.05) is 18.6 Å². The van der Waals surface area contributed by atoms with Crippen LogP contribution in [0.4, 0.5) is 0 Å². The first-order valence-corrected chi connectivity index (χ1v) is 11.6. The third-order valence-corrected chi connectivity index (χ3v) is 5.50. The third-order valence-electron chi connectivity index (χ3n) is 5.14. The number of primary amides is 1. The smallest absolute Gasteiger partial charge is 0.326 e. The van der Waals surface area contributed by atoms with Crippen LogP contribution in [0.25, 0.3) is 0 Å². The number of thiol groups is 1. The summed E-state index contributed by atoms with van der Waals surface area (Å²) in [4.78, 5) is 60.8. The van der Waals surface area contributed by atoms with Crippen molar-refractivity contribution >= 4 is 42.2 Å². The van der Waals surface area contributed by atoms with Crippen molar-refractivity contribution in [1.82, 2.24) is 16.0 Å². The highest BCUT2D eigenvalue weighted by atomic mass is 32.1. The van der Waals surface area contributed by atoms with Gasteiger partial charge in [-0.25, -0.2) is 4.79 Å². The fraction of sp³-hybridized carbons (Fsp3) is 0.500. The van der Waals surface area contributed by atoms with Crippen LogP contribution in [0.3, 0.4) is 0 Å². The number of benzene rings is 1. The van der Waals surface area contributed by atoms with Crippen LogP contribution in [0.5, 0.6) is 5.75 Å². The quantitative estimate of drug-likeness (QED) is 0.139. The van der Waals surface area contributed by atoms with Gasteiger partial charge in [-0.15, -0.1) is 0 Å². The maximum absolute atomic E-state index is 12.9. The van der Waals surface area contributed by atoms with Crippen molar-refractivity contribution in [2.75, 3.05) is 5.75 Å². The van der Waals surface area contributed by atoms with Crippen LogP contribution in [0.2, 0.25) is 0 Å². The average Bonchev–Trinajstić information content (AvgIpc) is 2.79. The summed E-state index contributed by atoms with van der Waals surface area (Å²) in [7, 11) is 0. The van der Waals surface area contributed by atoms with E-state index in [1.54, 1.807) is 13.8 Å². The molecule has 4 atom stereocenters. The van der Waals surface area contributed by atoms with E-state index < -0.39 is 53.8 Å². The van der Waals surface area contributed by atoms with Gasteiger partial charge in [0.15, 0.2) is 0 Å². The van der Waals surface area contributed by atoms with E-state index in [1.165, 1.54) is 24.3 Å². The number of carboxylic acids is 1. The van der Waals surface area contributed by atoms with E-state index in [9.17, 15) is 34.2 Å². The molecule has 4 amide bonds. The van der Waals surface area contributed by atoms with Crippen LogP contribution in [-0.4, -0.2) is 69.7 Å². The lowest BCUT2D eigenvalue weighted by atomic mass is 10.0. The van der Waals surface area contributed by atoms with Gasteiger partial charge >= 0.3 is 5.97 Å². The van der Waals surface area contributed by atoms with E-state index in [1.807, 2.05) is 0 Å². The number of phenolic OH excluding ortho intramolecular Hbond substituents is 1. The molecule has 0 spiro atoms. The van der Waals surface area contributed by atoms with Crippen molar-refractivity contribution in [3.8, 4) is 5.75 Å². The molecule has 0 aliphatic heterocycles. The van der Waals surface area contributed by atoms with Gasteiger partial charge in [-0.1, -0.05) is 26.0 Å². The highest BCUT2D eigenvalue weighted by Crippen LogP contribution is 2.12. The van der Waals surface area contributed by atoms with Crippen molar-refractivity contribution in [2.24, 2.45) is 17.4 Å². The van der Waals surface area contributed by atoms with Crippen LogP contribution in [0.1, 0.15) is 32.3 Å². The lowest BCUT2D eigenvalue weighted by molar-refractivity contribution is -0.142. The molecular formula is C22H33N5O7S. The van der Waals surface area contributed by atoms with Gasteiger partial charge in [-0.2, -0.15) is 12.6 Å². The number of rotatable bonds is 14. The van der Waals surface area contributed by atoms with E-state index >= 15 is 0 Å². The van der Waals surface area contributed by atoms with Gasteiger partial charge in [0.1, 0.15) is 23.9 Å². The fourth-order valence-corrected chi connectivity index (χ4v) is 3.19. The Balaban J connectivity index is 2.96. The third kappa shape index (κ3) is 10.2. The number of hydrogen-bond donors (Lipinski definition) is 8. The Morgan fingerprint density at radius 3 is 1.91 bits per heavy atom.